The molecule has 1 rings (SSSR count). The smallest absolute Gasteiger partial charge is 0.0963 e. The quantitative estimate of drug-likeness (QED) is 0.862. The lowest BCUT2D eigenvalue weighted by Gasteiger charge is -2.17. The molecular formula is C9H11BrClNO. The molecule has 1 aromatic carbocycles. The zero-order chi connectivity index (χ0) is 10.0. The molecule has 2 atom stereocenters. The molecule has 0 aliphatic rings. The molecule has 13 heavy (non-hydrogen) atoms. The number of aliphatic hydroxyl groups is 1. The van der Waals surface area contributed by atoms with Crippen LogP contribution in [-0.2, 0) is 0 Å². The Morgan fingerprint density at radius 2 is 2.15 bits per heavy atom. The second-order valence-corrected chi connectivity index (χ2v) is 4.20. The third kappa shape index (κ3) is 2.44. The third-order valence-electron chi connectivity index (χ3n) is 1.79. The SMILES string of the molecule is CC(N)C(O)c1c(Cl)cccc1Br. The van der Waals surface area contributed by atoms with Gasteiger partial charge in [-0.1, -0.05) is 33.6 Å². The van der Waals surface area contributed by atoms with Crippen LogP contribution in [-0.4, -0.2) is 11.1 Å². The highest BCUT2D eigenvalue weighted by Gasteiger charge is 2.18. The van der Waals surface area contributed by atoms with Crippen molar-refractivity contribution in [3.8, 4) is 0 Å². The van der Waals surface area contributed by atoms with E-state index in [4.69, 9.17) is 17.3 Å². The summed E-state index contributed by atoms with van der Waals surface area (Å²) in [6.45, 7) is 1.74. The van der Waals surface area contributed by atoms with E-state index in [1.165, 1.54) is 0 Å². The van der Waals surface area contributed by atoms with E-state index >= 15 is 0 Å². The van der Waals surface area contributed by atoms with Gasteiger partial charge in [0.25, 0.3) is 0 Å². The normalized spacial score (nSPS) is 15.5. The third-order valence-corrected chi connectivity index (χ3v) is 2.81. The van der Waals surface area contributed by atoms with Crippen LogP contribution >= 0.6 is 27.5 Å². The first-order valence-corrected chi connectivity index (χ1v) is 5.08. The van der Waals surface area contributed by atoms with Crippen LogP contribution in [0.1, 0.15) is 18.6 Å². The second-order valence-electron chi connectivity index (χ2n) is 2.94. The molecular weight excluding hydrogens is 253 g/mol. The Bertz CT molecular complexity index is 283. The first kappa shape index (κ1) is 11.0. The highest BCUT2D eigenvalue weighted by molar-refractivity contribution is 9.10. The fourth-order valence-electron chi connectivity index (χ4n) is 1.06. The zero-order valence-electron chi connectivity index (χ0n) is 7.17. The summed E-state index contributed by atoms with van der Waals surface area (Å²) < 4.78 is 0.782. The van der Waals surface area contributed by atoms with Gasteiger partial charge >= 0.3 is 0 Å². The van der Waals surface area contributed by atoms with Crippen molar-refractivity contribution in [2.45, 2.75) is 19.1 Å². The summed E-state index contributed by atoms with van der Waals surface area (Å²) in [7, 11) is 0. The molecule has 0 spiro atoms. The second kappa shape index (κ2) is 4.42. The Labute approximate surface area is 90.8 Å². The minimum Gasteiger partial charge on any atom is -0.387 e. The molecule has 0 saturated heterocycles. The van der Waals surface area contributed by atoms with Gasteiger partial charge in [-0.05, 0) is 19.1 Å². The van der Waals surface area contributed by atoms with E-state index in [1.807, 2.05) is 12.1 Å². The lowest BCUT2D eigenvalue weighted by atomic mass is 10.0. The van der Waals surface area contributed by atoms with Gasteiger partial charge in [-0.3, -0.25) is 0 Å². The van der Waals surface area contributed by atoms with Crippen LogP contribution in [0.25, 0.3) is 0 Å². The highest BCUT2D eigenvalue weighted by Crippen LogP contribution is 2.31. The summed E-state index contributed by atoms with van der Waals surface area (Å²) in [5.41, 5.74) is 6.23. The van der Waals surface area contributed by atoms with Crippen LogP contribution in [0.2, 0.25) is 5.02 Å². The Kier molecular flexibility index (Phi) is 3.74. The summed E-state index contributed by atoms with van der Waals surface area (Å²) in [5, 5.41) is 10.2. The van der Waals surface area contributed by atoms with Crippen molar-refractivity contribution in [3.63, 3.8) is 0 Å². The topological polar surface area (TPSA) is 46.2 Å². The molecule has 2 nitrogen and oxygen atoms in total. The van der Waals surface area contributed by atoms with Crippen LogP contribution in [0.5, 0.6) is 0 Å². The van der Waals surface area contributed by atoms with Gasteiger partial charge in [0.1, 0.15) is 0 Å². The van der Waals surface area contributed by atoms with Crippen molar-refractivity contribution in [2.75, 3.05) is 0 Å². The van der Waals surface area contributed by atoms with Crippen LogP contribution < -0.4 is 5.73 Å². The fraction of sp³-hybridized carbons (Fsp3) is 0.333. The molecule has 0 bridgehead atoms. The van der Waals surface area contributed by atoms with Gasteiger partial charge < -0.3 is 10.8 Å². The van der Waals surface area contributed by atoms with E-state index in [-0.39, 0.29) is 6.04 Å². The van der Waals surface area contributed by atoms with Crippen molar-refractivity contribution >= 4 is 27.5 Å². The van der Waals surface area contributed by atoms with Crippen molar-refractivity contribution in [1.29, 1.82) is 0 Å². The van der Waals surface area contributed by atoms with Crippen molar-refractivity contribution in [2.24, 2.45) is 5.73 Å². The van der Waals surface area contributed by atoms with Crippen LogP contribution in [0.4, 0.5) is 0 Å². The molecule has 0 heterocycles. The molecule has 72 valence electrons. The number of hydrogen-bond acceptors (Lipinski definition) is 2. The number of nitrogens with two attached hydrogens (primary N) is 1. The molecule has 0 aliphatic heterocycles. The summed E-state index contributed by atoms with van der Waals surface area (Å²) in [6, 6.07) is 5.03. The molecule has 0 fully saturated rings. The molecule has 0 saturated carbocycles. The predicted octanol–water partition coefficient (Wildman–Crippen LogP) is 2.48. The zero-order valence-corrected chi connectivity index (χ0v) is 9.51. The van der Waals surface area contributed by atoms with Gasteiger partial charge in [0, 0.05) is 21.1 Å². The van der Waals surface area contributed by atoms with Gasteiger partial charge in [0.2, 0.25) is 0 Å². The summed E-state index contributed by atoms with van der Waals surface area (Å²) in [5.74, 6) is 0. The minimum absolute atomic E-state index is 0.337. The molecule has 0 aromatic heterocycles. The van der Waals surface area contributed by atoms with Gasteiger partial charge in [-0.2, -0.15) is 0 Å². The lowest BCUT2D eigenvalue weighted by Crippen LogP contribution is -2.24. The molecule has 2 unspecified atom stereocenters. The molecule has 3 N–H and O–H groups in total. The standard InChI is InChI=1S/C9H11BrClNO/c1-5(12)9(13)8-6(10)3-2-4-7(8)11/h2-5,9,13H,12H2,1H3. The van der Waals surface area contributed by atoms with E-state index in [2.05, 4.69) is 15.9 Å². The van der Waals surface area contributed by atoms with Crippen molar-refractivity contribution < 1.29 is 5.11 Å². The minimum atomic E-state index is -0.733. The number of rotatable bonds is 2. The van der Waals surface area contributed by atoms with Crippen LogP contribution in [0.15, 0.2) is 22.7 Å². The van der Waals surface area contributed by atoms with E-state index in [0.29, 0.717) is 10.6 Å². The Balaban J connectivity index is 3.12. The Hall–Kier alpha value is -0.0900. The molecule has 0 aliphatic carbocycles. The summed E-state index contributed by atoms with van der Waals surface area (Å²) in [4.78, 5) is 0. The number of hydrogen-bond donors (Lipinski definition) is 2. The van der Waals surface area contributed by atoms with E-state index in [1.54, 1.807) is 13.0 Å². The van der Waals surface area contributed by atoms with Gasteiger partial charge in [0.15, 0.2) is 0 Å². The van der Waals surface area contributed by atoms with Gasteiger partial charge in [-0.15, -0.1) is 0 Å². The monoisotopic (exact) mass is 263 g/mol. The predicted molar refractivity (Wildman–Crippen MR) is 57.8 cm³/mol. The molecule has 4 heteroatoms. The van der Waals surface area contributed by atoms with Gasteiger partial charge in [-0.25, -0.2) is 0 Å². The van der Waals surface area contributed by atoms with E-state index in [0.717, 1.165) is 4.47 Å². The highest BCUT2D eigenvalue weighted by atomic mass is 79.9. The lowest BCUT2D eigenvalue weighted by molar-refractivity contribution is 0.152. The van der Waals surface area contributed by atoms with E-state index in [9.17, 15) is 5.11 Å². The maximum absolute atomic E-state index is 9.72. The maximum atomic E-state index is 9.72. The number of aliphatic hydroxyl groups excluding tert-OH is 1. The van der Waals surface area contributed by atoms with E-state index < -0.39 is 6.10 Å². The average molecular weight is 265 g/mol. The van der Waals surface area contributed by atoms with Gasteiger partial charge in [0.05, 0.1) is 6.10 Å². The average Bonchev–Trinajstić information content (AvgIpc) is 2.03. The van der Waals surface area contributed by atoms with Crippen LogP contribution in [0.3, 0.4) is 0 Å². The first-order valence-electron chi connectivity index (χ1n) is 3.91. The number of benzene rings is 1. The molecule has 1 aromatic rings. The summed E-state index contributed by atoms with van der Waals surface area (Å²) in [6.07, 6.45) is -0.733. The summed E-state index contributed by atoms with van der Waals surface area (Å²) >= 11 is 9.24. The Morgan fingerprint density at radius 3 is 2.62 bits per heavy atom. The van der Waals surface area contributed by atoms with Crippen molar-refractivity contribution in [3.05, 3.63) is 33.3 Å². The van der Waals surface area contributed by atoms with Crippen LogP contribution in [0, 0.1) is 0 Å². The fourth-order valence-corrected chi connectivity index (χ4v) is 2.06. The molecule has 0 radical (unpaired) electrons. The number of halogens is 2. The largest absolute Gasteiger partial charge is 0.387 e. The Morgan fingerprint density at radius 1 is 1.54 bits per heavy atom. The van der Waals surface area contributed by atoms with Crippen molar-refractivity contribution in [1.82, 2.24) is 0 Å². The maximum Gasteiger partial charge on any atom is 0.0963 e. The molecule has 0 amide bonds. The first-order chi connectivity index (χ1) is 6.04.